The molecule has 110 valence electrons. The normalized spacial score (nSPS) is 28.5. The zero-order valence-corrected chi connectivity index (χ0v) is 11.9. The molecule has 1 aliphatic heterocycles. The molecule has 0 radical (unpaired) electrons. The predicted molar refractivity (Wildman–Crippen MR) is 76.9 cm³/mol. The third-order valence-electron chi connectivity index (χ3n) is 4.68. The van der Waals surface area contributed by atoms with Crippen molar-refractivity contribution >= 4 is 0 Å². The molecule has 2 atom stereocenters. The first-order valence-electron chi connectivity index (χ1n) is 7.58. The summed E-state index contributed by atoms with van der Waals surface area (Å²) in [6, 6.07) is 8.54. The van der Waals surface area contributed by atoms with Crippen molar-refractivity contribution in [3.05, 3.63) is 47.1 Å². The van der Waals surface area contributed by atoms with Gasteiger partial charge in [-0.1, -0.05) is 29.4 Å². The second kappa shape index (κ2) is 4.93. The van der Waals surface area contributed by atoms with Crippen LogP contribution in [0.3, 0.4) is 0 Å². The third-order valence-corrected chi connectivity index (χ3v) is 4.68. The molecule has 2 unspecified atom stereocenters. The van der Waals surface area contributed by atoms with Crippen molar-refractivity contribution in [1.82, 2.24) is 15.5 Å². The van der Waals surface area contributed by atoms with Crippen LogP contribution in [-0.2, 0) is 18.4 Å². The van der Waals surface area contributed by atoms with Crippen molar-refractivity contribution < 1.29 is 9.63 Å². The average Bonchev–Trinajstić information content (AvgIpc) is 3.17. The van der Waals surface area contributed by atoms with Crippen molar-refractivity contribution in [3.63, 3.8) is 0 Å². The minimum atomic E-state index is -0.988. The Kier molecular flexibility index (Phi) is 3.05. The molecule has 21 heavy (non-hydrogen) atoms. The molecule has 1 aliphatic carbocycles. The van der Waals surface area contributed by atoms with Gasteiger partial charge in [0.15, 0.2) is 11.4 Å². The van der Waals surface area contributed by atoms with Gasteiger partial charge in [0.1, 0.15) is 0 Å². The second-order valence-corrected chi connectivity index (χ2v) is 6.12. The number of rotatable bonds is 2. The number of hydrogen-bond donors (Lipinski definition) is 2. The van der Waals surface area contributed by atoms with Gasteiger partial charge in [0.25, 0.3) is 5.89 Å². The third kappa shape index (κ3) is 2.26. The van der Waals surface area contributed by atoms with Crippen molar-refractivity contribution in [3.8, 4) is 0 Å². The first-order valence-corrected chi connectivity index (χ1v) is 7.58. The topological polar surface area (TPSA) is 71.2 Å². The summed E-state index contributed by atoms with van der Waals surface area (Å²) in [6.07, 6.45) is 3.66. The molecule has 0 spiro atoms. The van der Waals surface area contributed by atoms with Gasteiger partial charge in [-0.05, 0) is 43.4 Å². The van der Waals surface area contributed by atoms with E-state index in [1.54, 1.807) is 0 Å². The number of β-amino-alcohol motifs (C(OH)–C–C–N with tert-alkyl or cyclic N) is 1. The molecular formula is C16H19N3O2. The van der Waals surface area contributed by atoms with Crippen LogP contribution in [0.5, 0.6) is 0 Å². The number of benzene rings is 1. The van der Waals surface area contributed by atoms with E-state index in [2.05, 4.69) is 39.7 Å². The Labute approximate surface area is 123 Å². The van der Waals surface area contributed by atoms with E-state index in [0.717, 1.165) is 31.6 Å². The molecule has 4 rings (SSSR count). The predicted octanol–water partition coefficient (Wildman–Crippen LogP) is 1.52. The monoisotopic (exact) mass is 285 g/mol. The highest BCUT2D eigenvalue weighted by Gasteiger charge is 2.39. The largest absolute Gasteiger partial charge is 0.379 e. The first kappa shape index (κ1) is 13.0. The molecule has 1 aromatic heterocycles. The number of fused-ring (bicyclic) bond motifs is 1. The van der Waals surface area contributed by atoms with E-state index in [1.807, 2.05) is 0 Å². The molecule has 2 aliphatic rings. The van der Waals surface area contributed by atoms with Crippen molar-refractivity contribution in [2.24, 2.45) is 0 Å². The maximum absolute atomic E-state index is 10.5. The number of nitrogens with zero attached hydrogens (tertiary/aromatic N) is 2. The van der Waals surface area contributed by atoms with E-state index in [9.17, 15) is 5.11 Å². The van der Waals surface area contributed by atoms with E-state index in [0.29, 0.717) is 18.9 Å². The van der Waals surface area contributed by atoms with E-state index in [4.69, 9.17) is 4.52 Å². The first-order chi connectivity index (χ1) is 10.2. The standard InChI is InChI=1S/C16H19N3O2/c20-16(7-8-17-10-16)15-18-14(19-21-15)13-6-5-11-3-1-2-4-12(11)9-13/h1-4,13,17,20H,5-10H2. The van der Waals surface area contributed by atoms with Gasteiger partial charge in [-0.15, -0.1) is 0 Å². The lowest BCUT2D eigenvalue weighted by Gasteiger charge is -2.22. The fourth-order valence-electron chi connectivity index (χ4n) is 3.37. The van der Waals surface area contributed by atoms with Crippen LogP contribution in [0.25, 0.3) is 0 Å². The molecule has 2 N–H and O–H groups in total. The van der Waals surface area contributed by atoms with Gasteiger partial charge in [0.05, 0.1) is 0 Å². The van der Waals surface area contributed by atoms with Gasteiger partial charge >= 0.3 is 0 Å². The zero-order chi connectivity index (χ0) is 14.3. The number of hydrogen-bond acceptors (Lipinski definition) is 5. The maximum Gasteiger partial charge on any atom is 0.259 e. The van der Waals surface area contributed by atoms with E-state index >= 15 is 0 Å². The number of aliphatic hydroxyl groups is 1. The fourth-order valence-corrected chi connectivity index (χ4v) is 3.37. The molecule has 0 saturated carbocycles. The van der Waals surface area contributed by atoms with Crippen LogP contribution >= 0.6 is 0 Å². The van der Waals surface area contributed by atoms with Crippen LogP contribution in [0.15, 0.2) is 28.8 Å². The highest BCUT2D eigenvalue weighted by Crippen LogP contribution is 2.33. The summed E-state index contributed by atoms with van der Waals surface area (Å²) in [6.45, 7) is 1.27. The quantitative estimate of drug-likeness (QED) is 0.875. The van der Waals surface area contributed by atoms with Gasteiger partial charge in [-0.25, -0.2) is 0 Å². The summed E-state index contributed by atoms with van der Waals surface area (Å²) in [5.41, 5.74) is 1.81. The highest BCUT2D eigenvalue weighted by atomic mass is 16.5. The Balaban J connectivity index is 1.57. The van der Waals surface area contributed by atoms with Crippen molar-refractivity contribution in [2.75, 3.05) is 13.1 Å². The fraction of sp³-hybridized carbons (Fsp3) is 0.500. The molecule has 5 heteroatoms. The Bertz CT molecular complexity index is 646. The van der Waals surface area contributed by atoms with Crippen LogP contribution in [0.4, 0.5) is 0 Å². The van der Waals surface area contributed by atoms with E-state index < -0.39 is 5.60 Å². The summed E-state index contributed by atoms with van der Waals surface area (Å²) in [4.78, 5) is 4.49. The van der Waals surface area contributed by atoms with Gasteiger partial charge in [-0.3, -0.25) is 0 Å². The highest BCUT2D eigenvalue weighted by molar-refractivity contribution is 5.31. The van der Waals surface area contributed by atoms with Gasteiger partial charge < -0.3 is 14.9 Å². The van der Waals surface area contributed by atoms with Gasteiger partial charge in [0.2, 0.25) is 0 Å². The van der Waals surface area contributed by atoms with Crippen LogP contribution in [0, 0.1) is 0 Å². The molecule has 1 aromatic carbocycles. The van der Waals surface area contributed by atoms with Crippen molar-refractivity contribution in [1.29, 1.82) is 0 Å². The van der Waals surface area contributed by atoms with Crippen LogP contribution in [0.2, 0.25) is 0 Å². The second-order valence-electron chi connectivity index (χ2n) is 6.12. The minimum Gasteiger partial charge on any atom is -0.379 e. The molecular weight excluding hydrogens is 266 g/mol. The van der Waals surface area contributed by atoms with Crippen LogP contribution in [-0.4, -0.2) is 28.3 Å². The van der Waals surface area contributed by atoms with Crippen molar-refractivity contribution in [2.45, 2.75) is 37.2 Å². The Hall–Kier alpha value is -1.72. The number of nitrogens with one attached hydrogen (secondary N) is 1. The molecule has 0 bridgehead atoms. The number of aromatic nitrogens is 2. The zero-order valence-electron chi connectivity index (χ0n) is 11.9. The molecule has 1 fully saturated rings. The van der Waals surface area contributed by atoms with Gasteiger partial charge in [-0.2, -0.15) is 4.98 Å². The molecule has 0 amide bonds. The Morgan fingerprint density at radius 1 is 1.29 bits per heavy atom. The SMILES string of the molecule is OC1(c2nc(C3CCc4ccccc4C3)no2)CCNC1. The summed E-state index contributed by atoms with van der Waals surface area (Å²) in [5, 5.41) is 17.7. The molecule has 5 nitrogen and oxygen atoms in total. The lowest BCUT2D eigenvalue weighted by Crippen LogP contribution is -2.28. The summed E-state index contributed by atoms with van der Waals surface area (Å²) in [7, 11) is 0. The average molecular weight is 285 g/mol. The maximum atomic E-state index is 10.5. The molecule has 1 saturated heterocycles. The summed E-state index contributed by atoms with van der Waals surface area (Å²) < 4.78 is 5.34. The molecule has 2 aromatic rings. The van der Waals surface area contributed by atoms with Crippen LogP contribution in [0.1, 0.15) is 41.6 Å². The summed E-state index contributed by atoms with van der Waals surface area (Å²) >= 11 is 0. The minimum absolute atomic E-state index is 0.287. The number of aryl methyl sites for hydroxylation is 1. The molecule has 2 heterocycles. The van der Waals surface area contributed by atoms with Crippen LogP contribution < -0.4 is 5.32 Å². The smallest absolute Gasteiger partial charge is 0.259 e. The van der Waals surface area contributed by atoms with E-state index in [1.165, 1.54) is 11.1 Å². The Morgan fingerprint density at radius 3 is 2.95 bits per heavy atom. The Morgan fingerprint density at radius 2 is 2.14 bits per heavy atom. The lowest BCUT2D eigenvalue weighted by molar-refractivity contribution is 0.0243. The summed E-state index contributed by atoms with van der Waals surface area (Å²) in [5.74, 6) is 1.39. The van der Waals surface area contributed by atoms with Gasteiger partial charge in [0, 0.05) is 12.5 Å². The van der Waals surface area contributed by atoms with E-state index in [-0.39, 0.29) is 5.92 Å². The lowest BCUT2D eigenvalue weighted by atomic mass is 9.83.